The van der Waals surface area contributed by atoms with Gasteiger partial charge in [0.25, 0.3) is 0 Å². The molecule has 1 aromatic carbocycles. The van der Waals surface area contributed by atoms with Crippen LogP contribution in [-0.2, 0) is 4.79 Å². The van der Waals surface area contributed by atoms with E-state index in [4.69, 9.17) is 23.2 Å². The molecule has 1 unspecified atom stereocenters. The number of hydrogen-bond acceptors (Lipinski definition) is 2. The lowest BCUT2D eigenvalue weighted by molar-refractivity contribution is -0.121. The third kappa shape index (κ3) is 5.17. The second kappa shape index (κ2) is 8.02. The van der Waals surface area contributed by atoms with Crippen LogP contribution in [0.25, 0.3) is 0 Å². The van der Waals surface area contributed by atoms with Gasteiger partial charge in [-0.15, -0.1) is 0 Å². The van der Waals surface area contributed by atoms with Gasteiger partial charge in [-0.25, -0.2) is 0 Å². The van der Waals surface area contributed by atoms with Gasteiger partial charge in [-0.05, 0) is 37.5 Å². The van der Waals surface area contributed by atoms with E-state index in [-0.39, 0.29) is 11.9 Å². The number of amides is 1. The summed E-state index contributed by atoms with van der Waals surface area (Å²) in [5, 5.41) is 7.54. The second-order valence-corrected chi connectivity index (χ2v) is 6.51. The summed E-state index contributed by atoms with van der Waals surface area (Å²) in [7, 11) is 0. The molecule has 2 N–H and O–H groups in total. The van der Waals surface area contributed by atoms with Crippen molar-refractivity contribution in [3.05, 3.63) is 33.8 Å². The Labute approximate surface area is 136 Å². The second-order valence-electron chi connectivity index (χ2n) is 5.67. The van der Waals surface area contributed by atoms with Crippen LogP contribution in [0.3, 0.4) is 0 Å². The van der Waals surface area contributed by atoms with Crippen molar-refractivity contribution < 1.29 is 4.79 Å². The summed E-state index contributed by atoms with van der Waals surface area (Å²) in [4.78, 5) is 12.0. The maximum Gasteiger partial charge on any atom is 0.234 e. The van der Waals surface area contributed by atoms with E-state index in [1.54, 1.807) is 6.07 Å². The van der Waals surface area contributed by atoms with Crippen molar-refractivity contribution in [2.45, 2.75) is 51.1 Å². The maximum atomic E-state index is 12.0. The van der Waals surface area contributed by atoms with Gasteiger partial charge < -0.3 is 10.6 Å². The third-order valence-electron chi connectivity index (χ3n) is 3.97. The number of carbonyl (C=O) groups excluding carboxylic acids is 1. The zero-order valence-corrected chi connectivity index (χ0v) is 13.8. The van der Waals surface area contributed by atoms with Crippen molar-refractivity contribution in [3.8, 4) is 0 Å². The van der Waals surface area contributed by atoms with Crippen LogP contribution in [-0.4, -0.2) is 18.5 Å². The van der Waals surface area contributed by atoms with E-state index in [0.29, 0.717) is 22.6 Å². The molecule has 1 saturated carbocycles. The molecule has 2 rings (SSSR count). The van der Waals surface area contributed by atoms with Gasteiger partial charge >= 0.3 is 0 Å². The molecule has 116 valence electrons. The molecule has 1 aliphatic carbocycles. The summed E-state index contributed by atoms with van der Waals surface area (Å²) >= 11 is 12.1. The molecule has 0 heterocycles. The molecule has 3 nitrogen and oxygen atoms in total. The summed E-state index contributed by atoms with van der Waals surface area (Å²) < 4.78 is 0. The summed E-state index contributed by atoms with van der Waals surface area (Å²) in [5.74, 6) is 0.0545. The Hall–Kier alpha value is -0.770. The highest BCUT2D eigenvalue weighted by Gasteiger charge is 2.16. The van der Waals surface area contributed by atoms with E-state index in [2.05, 4.69) is 10.6 Å². The maximum absolute atomic E-state index is 12.0. The van der Waals surface area contributed by atoms with Gasteiger partial charge in [-0.1, -0.05) is 48.5 Å². The van der Waals surface area contributed by atoms with Gasteiger partial charge in [0.2, 0.25) is 5.91 Å². The molecule has 1 aliphatic rings. The minimum atomic E-state index is 0.00636. The summed E-state index contributed by atoms with van der Waals surface area (Å²) in [5.41, 5.74) is 0.950. The average molecular weight is 329 g/mol. The van der Waals surface area contributed by atoms with E-state index in [0.717, 1.165) is 18.4 Å². The Morgan fingerprint density at radius 1 is 1.29 bits per heavy atom. The molecular weight excluding hydrogens is 307 g/mol. The quantitative estimate of drug-likeness (QED) is 0.854. The molecule has 1 fully saturated rings. The summed E-state index contributed by atoms with van der Waals surface area (Å²) in [6.07, 6.45) is 5.93. The highest BCUT2D eigenvalue weighted by Crippen LogP contribution is 2.25. The summed E-state index contributed by atoms with van der Waals surface area (Å²) in [6, 6.07) is 5.78. The molecule has 1 aromatic rings. The fraction of sp³-hybridized carbons (Fsp3) is 0.562. The number of benzene rings is 1. The van der Waals surface area contributed by atoms with Gasteiger partial charge in [0.1, 0.15) is 0 Å². The molecular formula is C16H22Cl2N2O. The highest BCUT2D eigenvalue weighted by molar-refractivity contribution is 6.35. The molecule has 0 saturated heterocycles. The Morgan fingerprint density at radius 2 is 2.00 bits per heavy atom. The number of carbonyl (C=O) groups is 1. The number of halogens is 2. The predicted octanol–water partition coefficient (Wildman–Crippen LogP) is 4.09. The Kier molecular flexibility index (Phi) is 6.34. The first-order valence-electron chi connectivity index (χ1n) is 7.54. The van der Waals surface area contributed by atoms with Gasteiger partial charge in [-0.3, -0.25) is 4.79 Å². The monoisotopic (exact) mass is 328 g/mol. The first kappa shape index (κ1) is 16.6. The Morgan fingerprint density at radius 3 is 2.67 bits per heavy atom. The fourth-order valence-electron chi connectivity index (χ4n) is 2.73. The van der Waals surface area contributed by atoms with E-state index >= 15 is 0 Å². The standard InChI is InChI=1S/C16H22Cl2N2O/c1-11(14-8-7-12(17)9-15(14)18)19-10-16(21)20-13-5-3-2-4-6-13/h7-9,11,13,19H,2-6,10H2,1H3,(H,20,21). The van der Waals surface area contributed by atoms with Crippen LogP contribution in [0.2, 0.25) is 10.0 Å². The predicted molar refractivity (Wildman–Crippen MR) is 87.9 cm³/mol. The smallest absolute Gasteiger partial charge is 0.234 e. The molecule has 1 atom stereocenters. The fourth-order valence-corrected chi connectivity index (χ4v) is 3.31. The molecule has 21 heavy (non-hydrogen) atoms. The van der Waals surface area contributed by atoms with Gasteiger partial charge in [0.05, 0.1) is 6.54 Å². The van der Waals surface area contributed by atoms with Gasteiger partial charge in [-0.2, -0.15) is 0 Å². The van der Waals surface area contributed by atoms with Crippen LogP contribution < -0.4 is 10.6 Å². The van der Waals surface area contributed by atoms with E-state index in [1.807, 2.05) is 19.1 Å². The Bertz CT molecular complexity index is 487. The number of hydrogen-bond donors (Lipinski definition) is 2. The van der Waals surface area contributed by atoms with E-state index in [9.17, 15) is 4.79 Å². The van der Waals surface area contributed by atoms with E-state index < -0.39 is 0 Å². The lowest BCUT2D eigenvalue weighted by Gasteiger charge is -2.23. The lowest BCUT2D eigenvalue weighted by Crippen LogP contribution is -2.41. The molecule has 0 radical (unpaired) electrons. The van der Waals surface area contributed by atoms with E-state index in [1.165, 1.54) is 19.3 Å². The van der Waals surface area contributed by atoms with Crippen LogP contribution in [0.5, 0.6) is 0 Å². The third-order valence-corrected chi connectivity index (χ3v) is 4.53. The number of rotatable bonds is 5. The normalized spacial score (nSPS) is 17.5. The molecule has 0 bridgehead atoms. The van der Waals surface area contributed by atoms with Crippen molar-refractivity contribution in [1.29, 1.82) is 0 Å². The van der Waals surface area contributed by atoms with Gasteiger partial charge in [0.15, 0.2) is 0 Å². The average Bonchev–Trinajstić information content (AvgIpc) is 2.46. The van der Waals surface area contributed by atoms with Crippen LogP contribution >= 0.6 is 23.2 Å². The van der Waals surface area contributed by atoms with Crippen molar-refractivity contribution in [1.82, 2.24) is 10.6 Å². The molecule has 5 heteroatoms. The van der Waals surface area contributed by atoms with Crippen molar-refractivity contribution in [3.63, 3.8) is 0 Å². The summed E-state index contributed by atoms with van der Waals surface area (Å²) in [6.45, 7) is 2.29. The topological polar surface area (TPSA) is 41.1 Å². The Balaban J connectivity index is 1.80. The lowest BCUT2D eigenvalue weighted by atomic mass is 9.95. The SMILES string of the molecule is CC(NCC(=O)NC1CCCCC1)c1ccc(Cl)cc1Cl. The molecule has 0 spiro atoms. The van der Waals surface area contributed by atoms with Crippen LogP contribution in [0.1, 0.15) is 50.6 Å². The molecule has 0 aliphatic heterocycles. The van der Waals surface area contributed by atoms with Gasteiger partial charge in [0, 0.05) is 22.1 Å². The first-order chi connectivity index (χ1) is 10.1. The minimum Gasteiger partial charge on any atom is -0.352 e. The number of nitrogens with one attached hydrogen (secondary N) is 2. The van der Waals surface area contributed by atoms with Crippen LogP contribution in [0, 0.1) is 0 Å². The molecule has 0 aromatic heterocycles. The van der Waals surface area contributed by atoms with Crippen LogP contribution in [0.4, 0.5) is 0 Å². The highest BCUT2D eigenvalue weighted by atomic mass is 35.5. The first-order valence-corrected chi connectivity index (χ1v) is 8.29. The zero-order valence-electron chi connectivity index (χ0n) is 12.3. The largest absolute Gasteiger partial charge is 0.352 e. The van der Waals surface area contributed by atoms with Crippen molar-refractivity contribution in [2.24, 2.45) is 0 Å². The van der Waals surface area contributed by atoms with Crippen LogP contribution in [0.15, 0.2) is 18.2 Å². The van der Waals surface area contributed by atoms with Crippen molar-refractivity contribution in [2.75, 3.05) is 6.54 Å². The minimum absolute atomic E-state index is 0.00636. The van der Waals surface area contributed by atoms with Crippen molar-refractivity contribution >= 4 is 29.1 Å². The zero-order chi connectivity index (χ0) is 15.2. The molecule has 1 amide bonds.